The summed E-state index contributed by atoms with van der Waals surface area (Å²) in [6.45, 7) is 3.84. The van der Waals surface area contributed by atoms with E-state index in [0.29, 0.717) is 4.99 Å². The van der Waals surface area contributed by atoms with Crippen molar-refractivity contribution in [2.45, 2.75) is 13.8 Å². The summed E-state index contributed by atoms with van der Waals surface area (Å²) in [5, 5.41) is 7.78. The number of thiocarbonyl (C=S) groups is 1. The zero-order chi connectivity index (χ0) is 12.4. The Labute approximate surface area is 114 Å². The first-order valence-corrected chi connectivity index (χ1v) is 6.50. The van der Waals surface area contributed by atoms with Crippen LogP contribution in [0.15, 0.2) is 18.2 Å². The lowest BCUT2D eigenvalue weighted by atomic mass is 10.2. The van der Waals surface area contributed by atoms with Gasteiger partial charge in [0.1, 0.15) is 9.87 Å². The number of rotatable bonds is 2. The summed E-state index contributed by atoms with van der Waals surface area (Å²) < 4.78 is 3.85. The molecule has 1 heterocycles. The third kappa shape index (κ3) is 2.80. The highest BCUT2D eigenvalue weighted by Crippen LogP contribution is 2.21. The van der Waals surface area contributed by atoms with E-state index in [9.17, 15) is 0 Å². The molecule has 2 rings (SSSR count). The molecule has 0 aliphatic heterocycles. The van der Waals surface area contributed by atoms with Gasteiger partial charge in [-0.2, -0.15) is 0 Å². The second-order valence-corrected chi connectivity index (χ2v) is 5.18. The number of nitrogens with one attached hydrogen (secondary N) is 1. The number of aryl methyl sites for hydroxylation is 2. The molecule has 0 bridgehead atoms. The highest BCUT2D eigenvalue weighted by molar-refractivity contribution is 7.81. The van der Waals surface area contributed by atoms with E-state index in [-0.39, 0.29) is 0 Å². The average Bonchev–Trinajstić information content (AvgIpc) is 2.70. The van der Waals surface area contributed by atoms with Gasteiger partial charge in [0, 0.05) is 10.7 Å². The van der Waals surface area contributed by atoms with Crippen LogP contribution in [0.25, 0.3) is 0 Å². The number of hydrogen-bond acceptors (Lipinski definition) is 4. The predicted molar refractivity (Wildman–Crippen MR) is 76.2 cm³/mol. The maximum Gasteiger partial charge on any atom is 0.124 e. The fourth-order valence-corrected chi connectivity index (χ4v) is 2.41. The highest BCUT2D eigenvalue weighted by Gasteiger charge is 2.09. The van der Waals surface area contributed by atoms with E-state index >= 15 is 0 Å². The molecule has 0 fully saturated rings. The molecule has 88 valence electrons. The number of aromatic nitrogens is 2. The maximum atomic E-state index is 6.05. The van der Waals surface area contributed by atoms with E-state index in [0.717, 1.165) is 26.8 Å². The van der Waals surface area contributed by atoms with Crippen molar-refractivity contribution in [3.05, 3.63) is 39.4 Å². The van der Waals surface area contributed by atoms with Crippen molar-refractivity contribution in [3.8, 4) is 0 Å². The van der Waals surface area contributed by atoms with E-state index in [1.54, 1.807) is 0 Å². The second kappa shape index (κ2) is 5.08. The van der Waals surface area contributed by atoms with Crippen LogP contribution in [0.4, 0.5) is 5.69 Å². The highest BCUT2D eigenvalue weighted by atomic mass is 35.5. The number of benzene rings is 1. The zero-order valence-corrected chi connectivity index (χ0v) is 11.7. The molecule has 2 aromatic rings. The molecule has 0 saturated carbocycles. The predicted octanol–water partition coefficient (Wildman–Crippen LogP) is 3.60. The van der Waals surface area contributed by atoms with Crippen molar-refractivity contribution < 1.29 is 0 Å². The van der Waals surface area contributed by atoms with Gasteiger partial charge in [-0.05, 0) is 43.1 Å². The van der Waals surface area contributed by atoms with Crippen LogP contribution in [0.5, 0.6) is 0 Å². The van der Waals surface area contributed by atoms with Gasteiger partial charge in [-0.25, -0.2) is 0 Å². The Morgan fingerprint density at radius 1 is 1.41 bits per heavy atom. The molecule has 6 heteroatoms. The SMILES string of the molecule is Cc1ccc(NC(=S)c2snnc2C)cc1Cl. The Morgan fingerprint density at radius 2 is 2.18 bits per heavy atom. The lowest BCUT2D eigenvalue weighted by Crippen LogP contribution is -2.10. The topological polar surface area (TPSA) is 37.8 Å². The smallest absolute Gasteiger partial charge is 0.124 e. The Balaban J connectivity index is 2.19. The molecule has 3 nitrogen and oxygen atoms in total. The minimum Gasteiger partial charge on any atom is -0.345 e. The fraction of sp³-hybridized carbons (Fsp3) is 0.182. The second-order valence-electron chi connectivity index (χ2n) is 3.61. The summed E-state index contributed by atoms with van der Waals surface area (Å²) in [7, 11) is 0. The molecule has 0 aliphatic rings. The van der Waals surface area contributed by atoms with Crippen LogP contribution < -0.4 is 5.32 Å². The van der Waals surface area contributed by atoms with Gasteiger partial charge in [-0.1, -0.05) is 34.4 Å². The van der Waals surface area contributed by atoms with Gasteiger partial charge in [0.2, 0.25) is 0 Å². The average molecular weight is 284 g/mol. The van der Waals surface area contributed by atoms with Gasteiger partial charge in [-0.15, -0.1) is 5.10 Å². The van der Waals surface area contributed by atoms with Gasteiger partial charge in [0.05, 0.1) is 5.69 Å². The summed E-state index contributed by atoms with van der Waals surface area (Å²) in [4.78, 5) is 1.51. The van der Waals surface area contributed by atoms with Crippen molar-refractivity contribution in [2.75, 3.05) is 5.32 Å². The third-order valence-electron chi connectivity index (χ3n) is 2.29. The van der Waals surface area contributed by atoms with Gasteiger partial charge < -0.3 is 5.32 Å². The molecule has 1 N–H and O–H groups in total. The van der Waals surface area contributed by atoms with E-state index < -0.39 is 0 Å². The number of halogens is 1. The monoisotopic (exact) mass is 283 g/mol. The van der Waals surface area contributed by atoms with Crippen LogP contribution >= 0.6 is 35.4 Å². The van der Waals surface area contributed by atoms with Crippen LogP contribution in [0.2, 0.25) is 5.02 Å². The molecular weight excluding hydrogens is 274 g/mol. The van der Waals surface area contributed by atoms with E-state index in [4.69, 9.17) is 23.8 Å². The molecule has 0 saturated heterocycles. The van der Waals surface area contributed by atoms with E-state index in [1.807, 2.05) is 32.0 Å². The van der Waals surface area contributed by atoms with E-state index in [2.05, 4.69) is 14.9 Å². The van der Waals surface area contributed by atoms with Crippen molar-refractivity contribution in [1.82, 2.24) is 9.59 Å². The van der Waals surface area contributed by atoms with E-state index in [1.165, 1.54) is 11.5 Å². The van der Waals surface area contributed by atoms with Crippen molar-refractivity contribution in [1.29, 1.82) is 0 Å². The van der Waals surface area contributed by atoms with Crippen LogP contribution in [0.3, 0.4) is 0 Å². The number of anilines is 1. The van der Waals surface area contributed by atoms with Crippen molar-refractivity contribution in [2.24, 2.45) is 0 Å². The molecule has 0 unspecified atom stereocenters. The Kier molecular flexibility index (Phi) is 3.71. The normalized spacial score (nSPS) is 10.3. The Bertz CT molecular complexity index is 566. The van der Waals surface area contributed by atoms with Crippen LogP contribution in [0.1, 0.15) is 16.1 Å². The molecule has 17 heavy (non-hydrogen) atoms. The lowest BCUT2D eigenvalue weighted by molar-refractivity contribution is 1.09. The number of hydrogen-bond donors (Lipinski definition) is 1. The molecule has 0 radical (unpaired) electrons. The molecule has 1 aromatic carbocycles. The Morgan fingerprint density at radius 3 is 2.76 bits per heavy atom. The molecule has 1 aromatic heterocycles. The summed E-state index contributed by atoms with van der Waals surface area (Å²) in [5.74, 6) is 0. The summed E-state index contributed by atoms with van der Waals surface area (Å²) >= 11 is 12.6. The molecule has 0 aliphatic carbocycles. The zero-order valence-electron chi connectivity index (χ0n) is 9.32. The largest absolute Gasteiger partial charge is 0.345 e. The summed E-state index contributed by atoms with van der Waals surface area (Å²) in [6, 6.07) is 5.75. The van der Waals surface area contributed by atoms with Gasteiger partial charge in [-0.3, -0.25) is 0 Å². The van der Waals surface area contributed by atoms with Crippen molar-refractivity contribution >= 4 is 46.0 Å². The van der Waals surface area contributed by atoms with Gasteiger partial charge >= 0.3 is 0 Å². The minimum absolute atomic E-state index is 0.623. The summed E-state index contributed by atoms with van der Waals surface area (Å²) in [6.07, 6.45) is 0. The number of nitrogens with zero attached hydrogens (tertiary/aromatic N) is 2. The third-order valence-corrected chi connectivity index (χ3v) is 3.98. The molecule has 0 amide bonds. The minimum atomic E-state index is 0.623. The first-order chi connectivity index (χ1) is 8.08. The molecule has 0 atom stereocenters. The van der Waals surface area contributed by atoms with Crippen molar-refractivity contribution in [3.63, 3.8) is 0 Å². The first kappa shape index (κ1) is 12.4. The van der Waals surface area contributed by atoms with Gasteiger partial charge in [0.15, 0.2) is 0 Å². The standard InChI is InChI=1S/C11H10ClN3S2/c1-6-3-4-8(5-9(6)12)13-11(16)10-7(2)14-15-17-10/h3-5H,1-2H3,(H,13,16). The van der Waals surface area contributed by atoms with Gasteiger partial charge in [0.25, 0.3) is 0 Å². The van der Waals surface area contributed by atoms with Crippen LogP contribution in [0, 0.1) is 13.8 Å². The van der Waals surface area contributed by atoms with Crippen LogP contribution in [-0.2, 0) is 0 Å². The lowest BCUT2D eigenvalue weighted by Gasteiger charge is -2.07. The quantitative estimate of drug-likeness (QED) is 0.855. The summed E-state index contributed by atoms with van der Waals surface area (Å²) in [5.41, 5.74) is 2.75. The first-order valence-electron chi connectivity index (χ1n) is 4.94. The fourth-order valence-electron chi connectivity index (χ4n) is 1.30. The molecular formula is C11H10ClN3S2. The maximum absolute atomic E-state index is 6.05. The Hall–Kier alpha value is -1.04. The van der Waals surface area contributed by atoms with Crippen LogP contribution in [-0.4, -0.2) is 14.6 Å². The molecule has 0 spiro atoms.